The van der Waals surface area contributed by atoms with Gasteiger partial charge in [-0.15, -0.1) is 0 Å². The molecule has 1 heterocycles. The van der Waals surface area contributed by atoms with E-state index in [0.29, 0.717) is 0 Å². The van der Waals surface area contributed by atoms with Crippen LogP contribution < -0.4 is 0 Å². The molecule has 0 spiro atoms. The lowest BCUT2D eigenvalue weighted by atomic mass is 10.0. The summed E-state index contributed by atoms with van der Waals surface area (Å²) in [6.45, 7) is 3.57. The van der Waals surface area contributed by atoms with Gasteiger partial charge in [-0.3, -0.25) is 9.59 Å². The maximum atomic E-state index is 13.1. The van der Waals surface area contributed by atoms with E-state index in [0.717, 1.165) is 12.1 Å². The van der Waals surface area contributed by atoms with E-state index in [1.54, 1.807) is 13.8 Å². The molecule has 1 aliphatic heterocycles. The summed E-state index contributed by atoms with van der Waals surface area (Å²) >= 11 is 0. The normalized spacial score (nSPS) is 18.2. The summed E-state index contributed by atoms with van der Waals surface area (Å²) in [5.41, 5.74) is -0.532. The second-order valence-electron chi connectivity index (χ2n) is 5.05. The van der Waals surface area contributed by atoms with Gasteiger partial charge in [-0.25, -0.2) is 8.78 Å². The molecule has 0 N–H and O–H groups in total. The monoisotopic (exact) mass is 253 g/mol. The lowest BCUT2D eigenvalue weighted by Gasteiger charge is -2.30. The van der Waals surface area contributed by atoms with E-state index in [1.807, 2.05) is 0 Å². The summed E-state index contributed by atoms with van der Waals surface area (Å²) < 4.78 is 25.9. The number of carbonyl (C=O) groups is 2. The second-order valence-corrected chi connectivity index (χ2v) is 5.05. The first-order valence-corrected chi connectivity index (χ1v) is 5.60. The standard InChI is InChI=1S/C13H13F2NO2/c1-13(2)6-9(17)7-16(13)12(18)8-3-4-10(14)11(15)5-8/h3-5H,6-7H2,1-2H3. The average Bonchev–Trinajstić information content (AvgIpc) is 2.55. The number of likely N-dealkylation sites (tertiary alicyclic amines) is 1. The van der Waals surface area contributed by atoms with E-state index in [9.17, 15) is 18.4 Å². The predicted molar refractivity (Wildman–Crippen MR) is 61.1 cm³/mol. The molecule has 3 nitrogen and oxygen atoms in total. The summed E-state index contributed by atoms with van der Waals surface area (Å²) in [5.74, 6) is -2.55. The van der Waals surface area contributed by atoms with Crippen molar-refractivity contribution in [1.82, 2.24) is 4.90 Å². The highest BCUT2D eigenvalue weighted by Crippen LogP contribution is 2.28. The summed E-state index contributed by atoms with van der Waals surface area (Å²) in [6.07, 6.45) is 0.280. The van der Waals surface area contributed by atoms with Gasteiger partial charge in [0.1, 0.15) is 0 Å². The Balaban J connectivity index is 2.31. The van der Waals surface area contributed by atoms with Crippen molar-refractivity contribution in [3.8, 4) is 0 Å². The Kier molecular flexibility index (Phi) is 2.92. The molecular weight excluding hydrogens is 240 g/mol. The third-order valence-electron chi connectivity index (χ3n) is 3.11. The van der Waals surface area contributed by atoms with Crippen LogP contribution in [0.4, 0.5) is 8.78 Å². The van der Waals surface area contributed by atoms with Crippen molar-refractivity contribution < 1.29 is 18.4 Å². The zero-order valence-electron chi connectivity index (χ0n) is 10.2. The van der Waals surface area contributed by atoms with Crippen LogP contribution in [0.15, 0.2) is 18.2 Å². The van der Waals surface area contributed by atoms with Crippen LogP contribution in [0.3, 0.4) is 0 Å². The van der Waals surface area contributed by atoms with Crippen LogP contribution in [0.5, 0.6) is 0 Å². The van der Waals surface area contributed by atoms with Gasteiger partial charge in [0.25, 0.3) is 5.91 Å². The lowest BCUT2D eigenvalue weighted by Crippen LogP contribution is -2.42. The molecule has 5 heteroatoms. The van der Waals surface area contributed by atoms with Gasteiger partial charge in [0, 0.05) is 17.5 Å². The van der Waals surface area contributed by atoms with Crippen LogP contribution in [0.25, 0.3) is 0 Å². The fourth-order valence-corrected chi connectivity index (χ4v) is 2.16. The van der Waals surface area contributed by atoms with E-state index in [4.69, 9.17) is 0 Å². The Hall–Kier alpha value is -1.78. The van der Waals surface area contributed by atoms with Gasteiger partial charge in [0.15, 0.2) is 17.4 Å². The molecule has 0 radical (unpaired) electrons. The Morgan fingerprint density at radius 1 is 1.28 bits per heavy atom. The minimum Gasteiger partial charge on any atom is -0.326 e. The molecule has 0 saturated carbocycles. The highest BCUT2D eigenvalue weighted by atomic mass is 19.2. The Morgan fingerprint density at radius 3 is 2.44 bits per heavy atom. The molecule has 0 aromatic heterocycles. The Morgan fingerprint density at radius 2 is 1.94 bits per heavy atom. The highest BCUT2D eigenvalue weighted by molar-refractivity contribution is 5.99. The number of nitrogens with zero attached hydrogens (tertiary/aromatic N) is 1. The predicted octanol–water partition coefficient (Wildman–Crippen LogP) is 2.16. The molecule has 0 atom stereocenters. The molecule has 1 fully saturated rings. The number of Topliss-reactive ketones (excluding diaryl/α,β-unsaturated/α-hetero) is 1. The highest BCUT2D eigenvalue weighted by Gasteiger charge is 2.40. The van der Waals surface area contributed by atoms with E-state index in [1.165, 1.54) is 11.0 Å². The van der Waals surface area contributed by atoms with Crippen molar-refractivity contribution in [2.75, 3.05) is 6.54 Å². The van der Waals surface area contributed by atoms with E-state index < -0.39 is 23.1 Å². The maximum absolute atomic E-state index is 13.1. The lowest BCUT2D eigenvalue weighted by molar-refractivity contribution is -0.116. The molecule has 1 amide bonds. The topological polar surface area (TPSA) is 37.4 Å². The van der Waals surface area contributed by atoms with Crippen LogP contribution >= 0.6 is 0 Å². The molecule has 1 saturated heterocycles. The zero-order chi connectivity index (χ0) is 13.5. The number of rotatable bonds is 1. The van der Waals surface area contributed by atoms with Crippen molar-refractivity contribution in [2.45, 2.75) is 25.8 Å². The van der Waals surface area contributed by atoms with Crippen molar-refractivity contribution in [1.29, 1.82) is 0 Å². The molecule has 1 aromatic carbocycles. The second kappa shape index (κ2) is 4.15. The van der Waals surface area contributed by atoms with E-state index in [2.05, 4.69) is 0 Å². The summed E-state index contributed by atoms with van der Waals surface area (Å²) in [6, 6.07) is 2.99. The first-order valence-electron chi connectivity index (χ1n) is 5.60. The summed E-state index contributed by atoms with van der Waals surface area (Å²) in [4.78, 5) is 24.9. The van der Waals surface area contributed by atoms with Gasteiger partial charge in [0.05, 0.1) is 6.54 Å². The van der Waals surface area contributed by atoms with Gasteiger partial charge >= 0.3 is 0 Å². The fourth-order valence-electron chi connectivity index (χ4n) is 2.16. The van der Waals surface area contributed by atoms with E-state index >= 15 is 0 Å². The molecule has 1 aromatic rings. The Bertz CT molecular complexity index is 526. The van der Waals surface area contributed by atoms with Crippen molar-refractivity contribution in [3.05, 3.63) is 35.4 Å². The SMILES string of the molecule is CC1(C)CC(=O)CN1C(=O)c1ccc(F)c(F)c1. The quantitative estimate of drug-likeness (QED) is 0.769. The maximum Gasteiger partial charge on any atom is 0.254 e. The largest absolute Gasteiger partial charge is 0.326 e. The van der Waals surface area contributed by atoms with Crippen LogP contribution in [0.1, 0.15) is 30.6 Å². The molecule has 2 rings (SSSR count). The van der Waals surface area contributed by atoms with Crippen LogP contribution in [0, 0.1) is 11.6 Å². The smallest absolute Gasteiger partial charge is 0.254 e. The van der Waals surface area contributed by atoms with Gasteiger partial charge in [0.2, 0.25) is 0 Å². The summed E-state index contributed by atoms with van der Waals surface area (Å²) in [5, 5.41) is 0. The van der Waals surface area contributed by atoms with Gasteiger partial charge < -0.3 is 4.90 Å². The fraction of sp³-hybridized carbons (Fsp3) is 0.385. The number of benzene rings is 1. The number of ketones is 1. The number of halogens is 2. The molecule has 96 valence electrons. The zero-order valence-corrected chi connectivity index (χ0v) is 10.2. The van der Waals surface area contributed by atoms with Gasteiger partial charge in [-0.2, -0.15) is 0 Å². The number of hydrogen-bond acceptors (Lipinski definition) is 2. The number of hydrogen-bond donors (Lipinski definition) is 0. The van der Waals surface area contributed by atoms with Crippen LogP contribution in [-0.4, -0.2) is 28.7 Å². The molecule has 0 aliphatic carbocycles. The minimum absolute atomic E-state index is 0.0187. The number of amides is 1. The minimum atomic E-state index is -1.07. The van der Waals surface area contributed by atoms with Gasteiger partial charge in [-0.1, -0.05) is 0 Å². The average molecular weight is 253 g/mol. The first kappa shape index (κ1) is 12.7. The molecule has 18 heavy (non-hydrogen) atoms. The third kappa shape index (κ3) is 2.12. The van der Waals surface area contributed by atoms with E-state index in [-0.39, 0.29) is 24.3 Å². The van der Waals surface area contributed by atoms with Crippen molar-refractivity contribution in [3.63, 3.8) is 0 Å². The first-order chi connectivity index (χ1) is 8.31. The summed E-state index contributed by atoms with van der Waals surface area (Å²) in [7, 11) is 0. The molecular formula is C13H13F2NO2. The van der Waals surface area contributed by atoms with Crippen LogP contribution in [-0.2, 0) is 4.79 Å². The van der Waals surface area contributed by atoms with Crippen molar-refractivity contribution in [2.24, 2.45) is 0 Å². The Labute approximate surface area is 103 Å². The molecule has 0 unspecified atom stereocenters. The molecule has 0 bridgehead atoms. The number of carbonyl (C=O) groups excluding carboxylic acids is 2. The van der Waals surface area contributed by atoms with Crippen molar-refractivity contribution >= 4 is 11.7 Å². The molecule has 1 aliphatic rings. The van der Waals surface area contributed by atoms with Gasteiger partial charge in [-0.05, 0) is 32.0 Å². The third-order valence-corrected chi connectivity index (χ3v) is 3.11. The van der Waals surface area contributed by atoms with Crippen LogP contribution in [0.2, 0.25) is 0 Å².